The SMILES string of the molecule is CCCCCCCCCCCCCCCCCCCCCC(=O)OC[C@@H](COC(=O)CCCCCCCCC(C)C)OC(=O)CCCCCCCCCCCCCCC. The van der Waals surface area contributed by atoms with Gasteiger partial charge >= 0.3 is 17.9 Å². The zero-order valence-electron chi connectivity index (χ0n) is 40.2. The molecule has 0 aromatic rings. The molecule has 1 atom stereocenters. The van der Waals surface area contributed by atoms with E-state index >= 15 is 0 Å². The Kier molecular flexibility index (Phi) is 46.2. The second-order valence-electron chi connectivity index (χ2n) is 18.6. The fourth-order valence-corrected chi connectivity index (χ4v) is 8.04. The highest BCUT2D eigenvalue weighted by atomic mass is 16.6. The Labute approximate surface area is 368 Å². The van der Waals surface area contributed by atoms with Gasteiger partial charge in [0.25, 0.3) is 0 Å². The van der Waals surface area contributed by atoms with E-state index in [2.05, 4.69) is 27.7 Å². The maximum Gasteiger partial charge on any atom is 0.306 e. The molecule has 0 fully saturated rings. The molecule has 0 amide bonds. The number of hydrogen-bond donors (Lipinski definition) is 0. The van der Waals surface area contributed by atoms with Gasteiger partial charge in [-0.15, -0.1) is 0 Å². The molecular formula is C53H102O6. The minimum Gasteiger partial charge on any atom is -0.462 e. The van der Waals surface area contributed by atoms with Crippen molar-refractivity contribution in [2.24, 2.45) is 5.92 Å². The second kappa shape index (κ2) is 47.5. The van der Waals surface area contributed by atoms with Crippen LogP contribution in [0.5, 0.6) is 0 Å². The van der Waals surface area contributed by atoms with Crippen LogP contribution in [-0.2, 0) is 28.6 Å². The molecule has 350 valence electrons. The van der Waals surface area contributed by atoms with Crippen LogP contribution in [0, 0.1) is 5.92 Å². The summed E-state index contributed by atoms with van der Waals surface area (Å²) in [5, 5.41) is 0. The van der Waals surface area contributed by atoms with Crippen molar-refractivity contribution in [1.29, 1.82) is 0 Å². The smallest absolute Gasteiger partial charge is 0.306 e. The Hall–Kier alpha value is -1.59. The molecule has 0 aromatic carbocycles. The van der Waals surface area contributed by atoms with Gasteiger partial charge in [0, 0.05) is 19.3 Å². The number of carbonyl (C=O) groups excluding carboxylic acids is 3. The van der Waals surface area contributed by atoms with Gasteiger partial charge < -0.3 is 14.2 Å². The lowest BCUT2D eigenvalue weighted by Crippen LogP contribution is -2.30. The molecule has 0 heterocycles. The maximum absolute atomic E-state index is 12.8. The van der Waals surface area contributed by atoms with Gasteiger partial charge in [-0.25, -0.2) is 0 Å². The third kappa shape index (κ3) is 47.3. The van der Waals surface area contributed by atoms with Crippen LogP contribution < -0.4 is 0 Å². The molecule has 6 nitrogen and oxygen atoms in total. The summed E-state index contributed by atoms with van der Waals surface area (Å²) in [4.78, 5) is 37.9. The van der Waals surface area contributed by atoms with Crippen LogP contribution in [0.25, 0.3) is 0 Å². The monoisotopic (exact) mass is 835 g/mol. The van der Waals surface area contributed by atoms with E-state index in [4.69, 9.17) is 14.2 Å². The molecule has 59 heavy (non-hydrogen) atoms. The summed E-state index contributed by atoms with van der Waals surface area (Å²) >= 11 is 0. The minimum absolute atomic E-state index is 0.0635. The zero-order chi connectivity index (χ0) is 43.1. The molecule has 0 rings (SSSR count). The average molecular weight is 835 g/mol. The Morgan fingerprint density at radius 3 is 0.831 bits per heavy atom. The van der Waals surface area contributed by atoms with E-state index in [0.29, 0.717) is 19.3 Å². The van der Waals surface area contributed by atoms with Crippen LogP contribution in [0.3, 0.4) is 0 Å². The Balaban J connectivity index is 4.21. The van der Waals surface area contributed by atoms with Gasteiger partial charge in [-0.05, 0) is 25.2 Å². The van der Waals surface area contributed by atoms with Gasteiger partial charge in [-0.1, -0.05) is 259 Å². The molecular weight excluding hydrogens is 733 g/mol. The van der Waals surface area contributed by atoms with E-state index < -0.39 is 6.10 Å². The first kappa shape index (κ1) is 57.4. The lowest BCUT2D eigenvalue weighted by atomic mass is 10.0. The minimum atomic E-state index is -0.761. The van der Waals surface area contributed by atoms with E-state index in [0.717, 1.165) is 63.7 Å². The first-order chi connectivity index (χ1) is 28.9. The number of unbranched alkanes of at least 4 members (excludes halogenated alkanes) is 35. The Bertz CT molecular complexity index is 887. The fourth-order valence-electron chi connectivity index (χ4n) is 8.04. The molecule has 6 heteroatoms. The molecule has 0 spiro atoms. The van der Waals surface area contributed by atoms with Crippen LogP contribution in [0.4, 0.5) is 0 Å². The summed E-state index contributed by atoms with van der Waals surface area (Å²) in [6, 6.07) is 0. The average Bonchev–Trinajstić information content (AvgIpc) is 3.22. The third-order valence-corrected chi connectivity index (χ3v) is 12.0. The predicted molar refractivity (Wildman–Crippen MR) is 252 cm³/mol. The maximum atomic E-state index is 12.8. The molecule has 0 radical (unpaired) electrons. The van der Waals surface area contributed by atoms with Crippen molar-refractivity contribution in [1.82, 2.24) is 0 Å². The van der Waals surface area contributed by atoms with Gasteiger partial charge in [0.15, 0.2) is 6.10 Å². The molecule has 0 aromatic heterocycles. The van der Waals surface area contributed by atoms with Crippen molar-refractivity contribution in [2.45, 2.75) is 303 Å². The van der Waals surface area contributed by atoms with E-state index in [9.17, 15) is 14.4 Å². The van der Waals surface area contributed by atoms with E-state index in [1.807, 2.05) is 0 Å². The highest BCUT2D eigenvalue weighted by molar-refractivity contribution is 5.71. The molecule has 0 aliphatic carbocycles. The van der Waals surface area contributed by atoms with Crippen molar-refractivity contribution < 1.29 is 28.6 Å². The quantitative estimate of drug-likeness (QED) is 0.0345. The van der Waals surface area contributed by atoms with Crippen LogP contribution in [-0.4, -0.2) is 37.2 Å². The number of rotatable bonds is 48. The number of carbonyl (C=O) groups is 3. The first-order valence-electron chi connectivity index (χ1n) is 26.4. The molecule has 0 aliphatic heterocycles. The van der Waals surface area contributed by atoms with Crippen molar-refractivity contribution >= 4 is 17.9 Å². The first-order valence-corrected chi connectivity index (χ1v) is 26.4. The van der Waals surface area contributed by atoms with Crippen LogP contribution in [0.2, 0.25) is 0 Å². The molecule has 0 N–H and O–H groups in total. The largest absolute Gasteiger partial charge is 0.462 e. The summed E-state index contributed by atoms with van der Waals surface area (Å²) in [5.74, 6) is -0.0858. The predicted octanol–water partition coefficient (Wildman–Crippen LogP) is 17.1. The van der Waals surface area contributed by atoms with Gasteiger partial charge in [-0.2, -0.15) is 0 Å². The summed E-state index contributed by atoms with van der Waals surface area (Å²) in [6.45, 7) is 8.96. The van der Waals surface area contributed by atoms with Crippen LogP contribution in [0.1, 0.15) is 297 Å². The van der Waals surface area contributed by atoms with Crippen molar-refractivity contribution in [2.75, 3.05) is 13.2 Å². The zero-order valence-corrected chi connectivity index (χ0v) is 40.2. The molecule has 0 bridgehead atoms. The Morgan fingerprint density at radius 2 is 0.559 bits per heavy atom. The normalized spacial score (nSPS) is 11.9. The van der Waals surface area contributed by atoms with Crippen molar-refractivity contribution in [3.8, 4) is 0 Å². The van der Waals surface area contributed by atoms with Crippen LogP contribution >= 0.6 is 0 Å². The number of hydrogen-bond acceptors (Lipinski definition) is 6. The van der Waals surface area contributed by atoms with Crippen molar-refractivity contribution in [3.05, 3.63) is 0 Å². The summed E-state index contributed by atoms with van der Waals surface area (Å²) in [7, 11) is 0. The lowest BCUT2D eigenvalue weighted by Gasteiger charge is -2.18. The number of esters is 3. The molecule has 0 saturated heterocycles. The highest BCUT2D eigenvalue weighted by Crippen LogP contribution is 2.17. The summed E-state index contributed by atoms with van der Waals surface area (Å²) in [5.41, 5.74) is 0. The van der Waals surface area contributed by atoms with E-state index in [-0.39, 0.29) is 31.1 Å². The summed E-state index contributed by atoms with van der Waals surface area (Å²) < 4.78 is 16.8. The summed E-state index contributed by atoms with van der Waals surface area (Å²) in [6.07, 6.45) is 49.6. The van der Waals surface area contributed by atoms with Gasteiger partial charge in [0.05, 0.1) is 0 Å². The molecule has 0 aliphatic rings. The second-order valence-corrected chi connectivity index (χ2v) is 18.6. The third-order valence-electron chi connectivity index (χ3n) is 12.0. The van der Waals surface area contributed by atoms with Gasteiger partial charge in [0.1, 0.15) is 13.2 Å². The topological polar surface area (TPSA) is 78.9 Å². The molecule has 0 unspecified atom stereocenters. The molecule has 0 saturated carbocycles. The fraction of sp³-hybridized carbons (Fsp3) is 0.943. The van der Waals surface area contributed by atoms with E-state index in [1.165, 1.54) is 193 Å². The standard InChI is InChI=1S/C53H102O6/c1-5-7-9-11-13-15-17-19-20-21-22-23-24-26-27-29-31-36-40-44-51(54)57-47-50(48-58-52(55)45-41-37-34-33-35-39-43-49(3)4)59-53(56)46-42-38-32-30-28-25-18-16-14-12-10-8-6-2/h49-50H,5-48H2,1-4H3/t50-/m0/s1. The highest BCUT2D eigenvalue weighted by Gasteiger charge is 2.19. The van der Waals surface area contributed by atoms with Crippen LogP contribution in [0.15, 0.2) is 0 Å². The Morgan fingerprint density at radius 1 is 0.322 bits per heavy atom. The van der Waals surface area contributed by atoms with Gasteiger partial charge in [0.2, 0.25) is 0 Å². The van der Waals surface area contributed by atoms with Crippen molar-refractivity contribution in [3.63, 3.8) is 0 Å². The van der Waals surface area contributed by atoms with E-state index in [1.54, 1.807) is 0 Å². The van der Waals surface area contributed by atoms with Gasteiger partial charge in [-0.3, -0.25) is 14.4 Å². The number of ether oxygens (including phenoxy) is 3. The lowest BCUT2D eigenvalue weighted by molar-refractivity contribution is -0.167.